The molecule has 0 bridgehead atoms. The van der Waals surface area contributed by atoms with Gasteiger partial charge in [0.1, 0.15) is 10.9 Å². The SMILES string of the molecule is C1=c2onc(-c3ccccc3)c2=C(OCC2CCNCC2)NN1. The molecule has 3 N–H and O–H groups in total. The molecule has 6 heteroatoms. The molecule has 0 spiro atoms. The molecule has 1 fully saturated rings. The fourth-order valence-electron chi connectivity index (χ4n) is 3.00. The van der Waals surface area contributed by atoms with Crippen LogP contribution in [0, 0.1) is 5.92 Å². The molecule has 23 heavy (non-hydrogen) atoms. The van der Waals surface area contributed by atoms with E-state index in [-0.39, 0.29) is 0 Å². The summed E-state index contributed by atoms with van der Waals surface area (Å²) >= 11 is 0. The Kier molecular flexibility index (Phi) is 3.90. The Hall–Kier alpha value is -2.47. The summed E-state index contributed by atoms with van der Waals surface area (Å²) in [7, 11) is 0. The van der Waals surface area contributed by atoms with Crippen LogP contribution in [0.1, 0.15) is 12.8 Å². The van der Waals surface area contributed by atoms with Crippen LogP contribution in [0.2, 0.25) is 0 Å². The van der Waals surface area contributed by atoms with Gasteiger partial charge in [-0.25, -0.2) is 0 Å². The Balaban J connectivity index is 1.66. The first kappa shape index (κ1) is 14.1. The predicted molar refractivity (Wildman–Crippen MR) is 86.9 cm³/mol. The highest BCUT2D eigenvalue weighted by molar-refractivity contribution is 5.62. The predicted octanol–water partition coefficient (Wildman–Crippen LogP) is 0.269. The van der Waals surface area contributed by atoms with Crippen molar-refractivity contribution in [1.82, 2.24) is 21.3 Å². The Bertz CT molecular complexity index is 779. The highest BCUT2D eigenvalue weighted by Gasteiger charge is 2.18. The van der Waals surface area contributed by atoms with E-state index in [0.717, 1.165) is 42.4 Å². The number of rotatable bonds is 4. The minimum atomic E-state index is 0.583. The molecule has 0 amide bonds. The van der Waals surface area contributed by atoms with E-state index in [1.54, 1.807) is 6.20 Å². The molecule has 1 aromatic carbocycles. The summed E-state index contributed by atoms with van der Waals surface area (Å²) in [5.74, 6) is 1.26. The monoisotopic (exact) mass is 312 g/mol. The van der Waals surface area contributed by atoms with Gasteiger partial charge in [-0.05, 0) is 31.8 Å². The molecule has 0 unspecified atom stereocenters. The van der Waals surface area contributed by atoms with Crippen molar-refractivity contribution in [2.45, 2.75) is 12.8 Å². The molecule has 4 rings (SSSR count). The van der Waals surface area contributed by atoms with Crippen LogP contribution in [0.5, 0.6) is 0 Å². The third-order valence-electron chi connectivity index (χ3n) is 4.30. The fraction of sp³-hybridized carbons (Fsp3) is 0.353. The van der Waals surface area contributed by atoms with E-state index in [9.17, 15) is 0 Å². The fourth-order valence-corrected chi connectivity index (χ4v) is 3.00. The van der Waals surface area contributed by atoms with E-state index in [0.29, 0.717) is 23.8 Å². The molecule has 6 nitrogen and oxygen atoms in total. The topological polar surface area (TPSA) is 71.4 Å². The van der Waals surface area contributed by atoms with Gasteiger partial charge in [0.25, 0.3) is 0 Å². The lowest BCUT2D eigenvalue weighted by Crippen LogP contribution is -2.43. The molecular weight excluding hydrogens is 292 g/mol. The number of hydrogen-bond acceptors (Lipinski definition) is 6. The van der Waals surface area contributed by atoms with Gasteiger partial charge < -0.3 is 20.0 Å². The van der Waals surface area contributed by atoms with Crippen LogP contribution in [-0.2, 0) is 4.74 Å². The van der Waals surface area contributed by atoms with Crippen molar-refractivity contribution in [3.05, 3.63) is 41.0 Å². The average molecular weight is 312 g/mol. The lowest BCUT2D eigenvalue weighted by Gasteiger charge is -2.24. The molecule has 120 valence electrons. The molecule has 2 aliphatic rings. The lowest BCUT2D eigenvalue weighted by molar-refractivity contribution is 0.172. The molecule has 1 aromatic heterocycles. The Morgan fingerprint density at radius 1 is 1.17 bits per heavy atom. The number of nitrogens with one attached hydrogen (secondary N) is 3. The Morgan fingerprint density at radius 2 is 2.00 bits per heavy atom. The summed E-state index contributed by atoms with van der Waals surface area (Å²) in [6.07, 6.45) is 4.05. The van der Waals surface area contributed by atoms with Crippen molar-refractivity contribution in [3.63, 3.8) is 0 Å². The summed E-state index contributed by atoms with van der Waals surface area (Å²) in [6, 6.07) is 10.0. The largest absolute Gasteiger partial charge is 0.477 e. The number of benzene rings is 1. The Morgan fingerprint density at radius 3 is 2.83 bits per heavy atom. The van der Waals surface area contributed by atoms with E-state index in [1.807, 2.05) is 30.3 Å². The second-order valence-corrected chi connectivity index (χ2v) is 5.88. The highest BCUT2D eigenvalue weighted by atomic mass is 16.5. The average Bonchev–Trinajstić information content (AvgIpc) is 3.06. The summed E-state index contributed by atoms with van der Waals surface area (Å²) < 4.78 is 11.5. The third-order valence-corrected chi connectivity index (χ3v) is 4.30. The van der Waals surface area contributed by atoms with Crippen molar-refractivity contribution < 1.29 is 9.26 Å². The van der Waals surface area contributed by atoms with Gasteiger partial charge in [0.05, 0.1) is 12.8 Å². The number of hydrazine groups is 1. The van der Waals surface area contributed by atoms with Crippen molar-refractivity contribution in [1.29, 1.82) is 0 Å². The van der Waals surface area contributed by atoms with E-state index in [2.05, 4.69) is 21.3 Å². The van der Waals surface area contributed by atoms with Crippen molar-refractivity contribution in [2.75, 3.05) is 19.7 Å². The maximum Gasteiger partial charge on any atom is 0.219 e. The number of piperidine rings is 1. The van der Waals surface area contributed by atoms with Gasteiger partial charge in [0.2, 0.25) is 5.88 Å². The normalized spacial score (nSPS) is 17.7. The van der Waals surface area contributed by atoms with E-state index >= 15 is 0 Å². The minimum Gasteiger partial charge on any atom is -0.477 e. The Labute approximate surface area is 134 Å². The zero-order valence-electron chi connectivity index (χ0n) is 12.8. The number of ether oxygens (including phenoxy) is 1. The third kappa shape index (κ3) is 2.90. The van der Waals surface area contributed by atoms with Crippen LogP contribution in [0.4, 0.5) is 0 Å². The molecule has 3 heterocycles. The second-order valence-electron chi connectivity index (χ2n) is 5.88. The van der Waals surface area contributed by atoms with Crippen LogP contribution < -0.4 is 26.8 Å². The van der Waals surface area contributed by atoms with Gasteiger partial charge in [-0.3, -0.25) is 5.43 Å². The molecule has 0 saturated carbocycles. The first-order valence-electron chi connectivity index (χ1n) is 8.02. The van der Waals surface area contributed by atoms with Crippen molar-refractivity contribution in [3.8, 4) is 11.3 Å². The van der Waals surface area contributed by atoms with E-state index in [1.165, 1.54) is 0 Å². The second kappa shape index (κ2) is 6.34. The summed E-state index contributed by atoms with van der Waals surface area (Å²) in [6.45, 7) is 2.83. The zero-order valence-corrected chi connectivity index (χ0v) is 12.8. The van der Waals surface area contributed by atoms with Gasteiger partial charge in [-0.2, -0.15) is 0 Å². The molecule has 0 aliphatic carbocycles. The first-order valence-corrected chi connectivity index (χ1v) is 8.02. The first-order chi connectivity index (χ1) is 11.4. The number of fused-ring (bicyclic) bond motifs is 1. The van der Waals surface area contributed by atoms with Gasteiger partial charge >= 0.3 is 0 Å². The molecule has 0 radical (unpaired) electrons. The highest BCUT2D eigenvalue weighted by Crippen LogP contribution is 2.15. The maximum atomic E-state index is 6.06. The molecule has 0 atom stereocenters. The van der Waals surface area contributed by atoms with Gasteiger partial charge in [0.15, 0.2) is 5.42 Å². The van der Waals surface area contributed by atoms with Crippen LogP contribution in [0.25, 0.3) is 23.3 Å². The van der Waals surface area contributed by atoms with Gasteiger partial charge in [-0.1, -0.05) is 35.5 Å². The van der Waals surface area contributed by atoms with Crippen molar-refractivity contribution in [2.24, 2.45) is 5.92 Å². The number of nitrogens with zero attached hydrogens (tertiary/aromatic N) is 1. The lowest BCUT2D eigenvalue weighted by atomic mass is 9.99. The quantitative estimate of drug-likeness (QED) is 0.753. The van der Waals surface area contributed by atoms with Crippen LogP contribution in [0.3, 0.4) is 0 Å². The van der Waals surface area contributed by atoms with Crippen molar-refractivity contribution >= 4 is 12.1 Å². The molecule has 2 aromatic rings. The van der Waals surface area contributed by atoms with Crippen LogP contribution in [-0.4, -0.2) is 24.9 Å². The smallest absolute Gasteiger partial charge is 0.219 e. The molecule has 1 saturated heterocycles. The number of aromatic nitrogens is 1. The van der Waals surface area contributed by atoms with Crippen LogP contribution >= 0.6 is 0 Å². The van der Waals surface area contributed by atoms with E-state index < -0.39 is 0 Å². The van der Waals surface area contributed by atoms with Gasteiger partial charge in [0, 0.05) is 5.56 Å². The zero-order chi connectivity index (χ0) is 15.5. The standard InChI is InChI=1S/C17H20N4O2/c1-2-4-13(5-3-1)16-15-14(23-21-16)10-19-20-17(15)22-11-12-6-8-18-9-7-12/h1-5,10,12,18-20H,6-9,11H2. The summed E-state index contributed by atoms with van der Waals surface area (Å²) in [5.41, 5.74) is 8.54. The molecule has 2 aliphatic heterocycles. The number of hydrogen-bond donors (Lipinski definition) is 3. The molecular formula is C17H20N4O2. The maximum absolute atomic E-state index is 6.06. The summed E-state index contributed by atoms with van der Waals surface area (Å²) in [5, 5.41) is 8.47. The summed E-state index contributed by atoms with van der Waals surface area (Å²) in [4.78, 5) is 0. The van der Waals surface area contributed by atoms with E-state index in [4.69, 9.17) is 9.26 Å². The van der Waals surface area contributed by atoms with Crippen LogP contribution in [0.15, 0.2) is 34.9 Å². The minimum absolute atomic E-state index is 0.583. The van der Waals surface area contributed by atoms with Gasteiger partial charge in [-0.15, -0.1) is 0 Å².